The fraction of sp³-hybridized carbons (Fsp3) is 0.364. The van der Waals surface area contributed by atoms with Crippen LogP contribution >= 0.6 is 0 Å². The number of nitrogens with zero attached hydrogens (tertiary/aromatic N) is 1. The number of benzene rings is 1. The normalized spacial score (nSPS) is 18.5. The van der Waals surface area contributed by atoms with Crippen LogP contribution in [-0.4, -0.2) is 28.7 Å². The summed E-state index contributed by atoms with van der Waals surface area (Å²) in [4.78, 5) is 21.3. The van der Waals surface area contributed by atoms with Crippen molar-refractivity contribution in [1.82, 2.24) is 0 Å². The van der Waals surface area contributed by atoms with Gasteiger partial charge in [0.2, 0.25) is 0 Å². The number of aliphatic hydroxyl groups excluding tert-OH is 1. The molecule has 7 heteroatoms. The van der Waals surface area contributed by atoms with E-state index in [4.69, 9.17) is 14.6 Å². The number of carbonyl (C=O) groups is 1. The van der Waals surface area contributed by atoms with Crippen LogP contribution in [0.2, 0.25) is 0 Å². The SMILES string of the molecule is O=C1OCCC1Oc1ccc([N+](=O)[O-])cc1CO. The molecule has 18 heavy (non-hydrogen) atoms. The Bertz CT molecular complexity index is 486. The predicted molar refractivity (Wildman–Crippen MR) is 59.0 cm³/mol. The molecular weight excluding hydrogens is 242 g/mol. The Labute approximate surface area is 102 Å². The van der Waals surface area contributed by atoms with Gasteiger partial charge >= 0.3 is 5.97 Å². The Balaban J connectivity index is 2.22. The van der Waals surface area contributed by atoms with Crippen molar-refractivity contribution in [2.75, 3.05) is 6.61 Å². The Hall–Kier alpha value is -2.15. The van der Waals surface area contributed by atoms with Crippen molar-refractivity contribution in [3.63, 3.8) is 0 Å². The van der Waals surface area contributed by atoms with E-state index in [1.807, 2.05) is 0 Å². The average Bonchev–Trinajstić information content (AvgIpc) is 2.75. The molecular formula is C11H11NO6. The fourth-order valence-corrected chi connectivity index (χ4v) is 1.66. The van der Waals surface area contributed by atoms with Crippen LogP contribution in [0.5, 0.6) is 5.75 Å². The number of carbonyl (C=O) groups excluding carboxylic acids is 1. The highest BCUT2D eigenvalue weighted by molar-refractivity contribution is 5.76. The van der Waals surface area contributed by atoms with Gasteiger partial charge in [-0.1, -0.05) is 0 Å². The minimum atomic E-state index is -0.711. The maximum atomic E-state index is 11.2. The van der Waals surface area contributed by atoms with Gasteiger partial charge in [0.15, 0.2) is 6.10 Å². The highest BCUT2D eigenvalue weighted by atomic mass is 16.6. The second-order valence-electron chi connectivity index (χ2n) is 3.77. The van der Waals surface area contributed by atoms with Gasteiger partial charge in [0, 0.05) is 24.1 Å². The van der Waals surface area contributed by atoms with E-state index in [1.165, 1.54) is 18.2 Å². The minimum Gasteiger partial charge on any atom is -0.478 e. The van der Waals surface area contributed by atoms with Gasteiger partial charge in [0.05, 0.1) is 18.1 Å². The molecule has 0 bridgehead atoms. The van der Waals surface area contributed by atoms with Gasteiger partial charge in [-0.25, -0.2) is 4.79 Å². The second-order valence-corrected chi connectivity index (χ2v) is 3.77. The van der Waals surface area contributed by atoms with Gasteiger partial charge in [-0.05, 0) is 6.07 Å². The molecule has 0 amide bonds. The van der Waals surface area contributed by atoms with Crippen LogP contribution in [-0.2, 0) is 16.1 Å². The number of nitro benzene ring substituents is 1. The zero-order valence-electron chi connectivity index (χ0n) is 9.37. The first-order valence-electron chi connectivity index (χ1n) is 5.33. The first-order valence-corrected chi connectivity index (χ1v) is 5.33. The van der Waals surface area contributed by atoms with Crippen molar-refractivity contribution >= 4 is 11.7 Å². The van der Waals surface area contributed by atoms with Gasteiger partial charge in [-0.2, -0.15) is 0 Å². The zero-order valence-corrected chi connectivity index (χ0v) is 9.37. The first-order chi connectivity index (χ1) is 8.61. The molecule has 1 fully saturated rings. The molecule has 0 aliphatic carbocycles. The first kappa shape index (κ1) is 12.3. The molecule has 96 valence electrons. The molecule has 7 nitrogen and oxygen atoms in total. The molecule has 1 aliphatic rings. The Kier molecular flexibility index (Phi) is 3.42. The molecule has 1 aromatic rings. The predicted octanol–water partition coefficient (Wildman–Crippen LogP) is 0.781. The Morgan fingerprint density at radius 1 is 1.56 bits per heavy atom. The summed E-state index contributed by atoms with van der Waals surface area (Å²) in [6, 6.07) is 3.85. The summed E-state index contributed by atoms with van der Waals surface area (Å²) in [6.45, 7) is -0.107. The number of hydrogen-bond donors (Lipinski definition) is 1. The molecule has 0 radical (unpaired) electrons. The lowest BCUT2D eigenvalue weighted by Gasteiger charge is -2.12. The van der Waals surface area contributed by atoms with Crippen LogP contribution in [0.3, 0.4) is 0 Å². The monoisotopic (exact) mass is 253 g/mol. The third-order valence-electron chi connectivity index (χ3n) is 2.58. The number of aliphatic hydroxyl groups is 1. The summed E-state index contributed by atoms with van der Waals surface area (Å²) in [5.41, 5.74) is 0.129. The molecule has 0 spiro atoms. The zero-order chi connectivity index (χ0) is 13.1. The number of ether oxygens (including phenoxy) is 2. The molecule has 1 unspecified atom stereocenters. The lowest BCUT2D eigenvalue weighted by atomic mass is 10.2. The highest BCUT2D eigenvalue weighted by Gasteiger charge is 2.29. The van der Waals surface area contributed by atoms with Crippen molar-refractivity contribution in [2.24, 2.45) is 0 Å². The number of nitro groups is 1. The maximum absolute atomic E-state index is 11.2. The van der Waals surface area contributed by atoms with E-state index in [1.54, 1.807) is 0 Å². The van der Waals surface area contributed by atoms with Gasteiger partial charge in [0.25, 0.3) is 5.69 Å². The van der Waals surface area contributed by atoms with Crippen LogP contribution in [0.1, 0.15) is 12.0 Å². The summed E-state index contributed by atoms with van der Waals surface area (Å²) in [6.07, 6.45) is -0.280. The number of non-ortho nitro benzene ring substituents is 1. The molecule has 2 rings (SSSR count). The van der Waals surface area contributed by atoms with Crippen LogP contribution < -0.4 is 4.74 Å². The smallest absolute Gasteiger partial charge is 0.347 e. The summed E-state index contributed by atoms with van der Waals surface area (Å²) in [5, 5.41) is 19.7. The lowest BCUT2D eigenvalue weighted by molar-refractivity contribution is -0.385. The number of hydrogen-bond acceptors (Lipinski definition) is 6. The summed E-state index contributed by atoms with van der Waals surface area (Å²) < 4.78 is 10.1. The van der Waals surface area contributed by atoms with E-state index in [-0.39, 0.29) is 17.0 Å². The standard InChI is InChI=1S/C11H11NO6/c13-6-7-5-8(12(15)16)1-2-9(7)18-10-3-4-17-11(10)14/h1-2,5,10,13H,3-4,6H2. The van der Waals surface area contributed by atoms with Crippen molar-refractivity contribution < 1.29 is 24.3 Å². The number of rotatable bonds is 4. The quantitative estimate of drug-likeness (QED) is 0.483. The lowest BCUT2D eigenvalue weighted by Crippen LogP contribution is -2.22. The maximum Gasteiger partial charge on any atom is 0.347 e. The minimum absolute atomic E-state index is 0.139. The average molecular weight is 253 g/mol. The Morgan fingerprint density at radius 3 is 2.89 bits per heavy atom. The second kappa shape index (κ2) is 5.01. The molecule has 1 N–H and O–H groups in total. The largest absolute Gasteiger partial charge is 0.478 e. The third kappa shape index (κ3) is 2.40. The van der Waals surface area contributed by atoms with E-state index in [0.717, 1.165) is 0 Å². The summed E-state index contributed by atoms with van der Waals surface area (Å²) in [7, 11) is 0. The van der Waals surface area contributed by atoms with Gasteiger partial charge in [0.1, 0.15) is 5.75 Å². The van der Waals surface area contributed by atoms with Gasteiger partial charge in [-0.3, -0.25) is 10.1 Å². The van der Waals surface area contributed by atoms with E-state index in [2.05, 4.69) is 0 Å². The van der Waals surface area contributed by atoms with E-state index >= 15 is 0 Å². The molecule has 1 aliphatic heterocycles. The Morgan fingerprint density at radius 2 is 2.33 bits per heavy atom. The topological polar surface area (TPSA) is 98.9 Å². The summed E-state index contributed by atoms with van der Waals surface area (Å²) >= 11 is 0. The van der Waals surface area contributed by atoms with Crippen molar-refractivity contribution in [2.45, 2.75) is 19.1 Å². The van der Waals surface area contributed by atoms with E-state index in [9.17, 15) is 14.9 Å². The number of esters is 1. The fourth-order valence-electron chi connectivity index (χ4n) is 1.66. The molecule has 1 saturated heterocycles. The molecule has 1 atom stereocenters. The van der Waals surface area contributed by atoms with Crippen molar-refractivity contribution in [3.8, 4) is 5.75 Å². The summed E-state index contributed by atoms with van der Waals surface area (Å²) in [5.74, 6) is -0.204. The van der Waals surface area contributed by atoms with E-state index in [0.29, 0.717) is 13.0 Å². The van der Waals surface area contributed by atoms with Gasteiger partial charge < -0.3 is 14.6 Å². The van der Waals surface area contributed by atoms with Crippen molar-refractivity contribution in [1.29, 1.82) is 0 Å². The third-order valence-corrected chi connectivity index (χ3v) is 2.58. The van der Waals surface area contributed by atoms with Crippen molar-refractivity contribution in [3.05, 3.63) is 33.9 Å². The molecule has 1 heterocycles. The van der Waals surface area contributed by atoms with Crippen LogP contribution in [0, 0.1) is 10.1 Å². The van der Waals surface area contributed by atoms with Crippen LogP contribution in [0.4, 0.5) is 5.69 Å². The van der Waals surface area contributed by atoms with Gasteiger partial charge in [-0.15, -0.1) is 0 Å². The highest BCUT2D eigenvalue weighted by Crippen LogP contribution is 2.26. The molecule has 0 saturated carbocycles. The van der Waals surface area contributed by atoms with Crippen LogP contribution in [0.25, 0.3) is 0 Å². The van der Waals surface area contributed by atoms with Crippen LogP contribution in [0.15, 0.2) is 18.2 Å². The molecule has 1 aromatic carbocycles. The van der Waals surface area contributed by atoms with E-state index < -0.39 is 23.6 Å². The number of cyclic esters (lactones) is 1. The molecule has 0 aromatic heterocycles.